The van der Waals surface area contributed by atoms with Crippen molar-refractivity contribution in [2.75, 3.05) is 11.9 Å². The van der Waals surface area contributed by atoms with Crippen LogP contribution in [-0.4, -0.2) is 12.6 Å². The number of anilines is 1. The fourth-order valence-electron chi connectivity index (χ4n) is 1.89. The summed E-state index contributed by atoms with van der Waals surface area (Å²) < 4.78 is 0. The van der Waals surface area contributed by atoms with Gasteiger partial charge in [-0.3, -0.25) is 0 Å². The van der Waals surface area contributed by atoms with Crippen molar-refractivity contribution in [3.63, 3.8) is 0 Å². The van der Waals surface area contributed by atoms with E-state index in [1.54, 1.807) is 0 Å². The lowest BCUT2D eigenvalue weighted by Gasteiger charge is -2.16. The molecule has 0 bridgehead atoms. The second-order valence-electron chi connectivity index (χ2n) is 4.17. The van der Waals surface area contributed by atoms with Gasteiger partial charge in [0.05, 0.1) is 0 Å². The van der Waals surface area contributed by atoms with Crippen molar-refractivity contribution in [1.29, 1.82) is 0 Å². The molecule has 1 aliphatic heterocycles. The van der Waals surface area contributed by atoms with E-state index >= 15 is 0 Å². The average Bonchev–Trinajstić information content (AvgIpc) is 2.74. The van der Waals surface area contributed by atoms with Crippen LogP contribution in [0.2, 0.25) is 0 Å². The molecule has 2 N–H and O–H groups in total. The number of aryl methyl sites for hydroxylation is 1. The SMILES string of the molecule is C=C(Nc1ccc(C)cc1)C1CCCN1. The third kappa shape index (κ3) is 2.60. The van der Waals surface area contributed by atoms with Gasteiger partial charge in [0, 0.05) is 17.4 Å². The molecule has 1 aromatic carbocycles. The molecule has 0 radical (unpaired) electrons. The van der Waals surface area contributed by atoms with Crippen molar-refractivity contribution in [3.05, 3.63) is 42.1 Å². The Bertz CT molecular complexity index is 334. The molecular formula is C13H18N2. The van der Waals surface area contributed by atoms with Crippen LogP contribution in [0.25, 0.3) is 0 Å². The first-order valence-electron chi connectivity index (χ1n) is 5.51. The van der Waals surface area contributed by atoms with Gasteiger partial charge in [-0.1, -0.05) is 24.3 Å². The maximum atomic E-state index is 4.08. The lowest BCUT2D eigenvalue weighted by atomic mass is 10.1. The van der Waals surface area contributed by atoms with Crippen LogP contribution in [0.5, 0.6) is 0 Å². The quantitative estimate of drug-likeness (QED) is 0.787. The van der Waals surface area contributed by atoms with E-state index < -0.39 is 0 Å². The molecule has 1 fully saturated rings. The molecule has 2 nitrogen and oxygen atoms in total. The second-order valence-corrected chi connectivity index (χ2v) is 4.17. The highest BCUT2D eigenvalue weighted by atomic mass is 15.0. The van der Waals surface area contributed by atoms with Crippen LogP contribution in [-0.2, 0) is 0 Å². The van der Waals surface area contributed by atoms with Gasteiger partial charge in [-0.2, -0.15) is 0 Å². The second kappa shape index (κ2) is 4.49. The van der Waals surface area contributed by atoms with E-state index in [2.05, 4.69) is 48.4 Å². The summed E-state index contributed by atoms with van der Waals surface area (Å²) >= 11 is 0. The Morgan fingerprint density at radius 1 is 1.40 bits per heavy atom. The minimum Gasteiger partial charge on any atom is -0.358 e. The molecule has 1 saturated heterocycles. The summed E-state index contributed by atoms with van der Waals surface area (Å²) in [6, 6.07) is 8.84. The number of rotatable bonds is 3. The van der Waals surface area contributed by atoms with Crippen LogP contribution in [0.15, 0.2) is 36.5 Å². The van der Waals surface area contributed by atoms with Crippen molar-refractivity contribution in [1.82, 2.24) is 5.32 Å². The molecule has 1 aliphatic rings. The third-order valence-corrected chi connectivity index (χ3v) is 2.84. The van der Waals surface area contributed by atoms with Gasteiger partial charge >= 0.3 is 0 Å². The largest absolute Gasteiger partial charge is 0.358 e. The monoisotopic (exact) mass is 202 g/mol. The number of hydrogen-bond donors (Lipinski definition) is 2. The van der Waals surface area contributed by atoms with Gasteiger partial charge in [0.25, 0.3) is 0 Å². The number of nitrogens with one attached hydrogen (secondary N) is 2. The van der Waals surface area contributed by atoms with Crippen molar-refractivity contribution in [3.8, 4) is 0 Å². The first-order chi connectivity index (χ1) is 7.25. The maximum absolute atomic E-state index is 4.08. The Hall–Kier alpha value is -1.28. The maximum Gasteiger partial charge on any atom is 0.0467 e. The van der Waals surface area contributed by atoms with Crippen LogP contribution in [0.1, 0.15) is 18.4 Å². The minimum absolute atomic E-state index is 0.436. The Balaban J connectivity index is 1.96. The van der Waals surface area contributed by atoms with E-state index in [9.17, 15) is 0 Å². The van der Waals surface area contributed by atoms with Gasteiger partial charge in [-0.25, -0.2) is 0 Å². The predicted octanol–water partition coefficient (Wildman–Crippen LogP) is 2.67. The summed E-state index contributed by atoms with van der Waals surface area (Å²) in [4.78, 5) is 0. The zero-order valence-corrected chi connectivity index (χ0v) is 9.22. The highest BCUT2D eigenvalue weighted by Gasteiger charge is 2.16. The Morgan fingerprint density at radius 2 is 2.13 bits per heavy atom. The zero-order valence-electron chi connectivity index (χ0n) is 9.22. The molecule has 0 aliphatic carbocycles. The standard InChI is InChI=1S/C13H18N2/c1-10-5-7-12(8-6-10)15-11(2)13-4-3-9-14-13/h5-8,13-15H,2-4,9H2,1H3. The van der Waals surface area contributed by atoms with Gasteiger partial charge in [0.2, 0.25) is 0 Å². The molecule has 2 rings (SSSR count). The minimum atomic E-state index is 0.436. The van der Waals surface area contributed by atoms with E-state index in [-0.39, 0.29) is 0 Å². The van der Waals surface area contributed by atoms with E-state index in [4.69, 9.17) is 0 Å². The molecule has 0 amide bonds. The summed E-state index contributed by atoms with van der Waals surface area (Å²) in [6.45, 7) is 7.29. The first kappa shape index (κ1) is 10.2. The average molecular weight is 202 g/mol. The Morgan fingerprint density at radius 3 is 2.73 bits per heavy atom. The highest BCUT2D eigenvalue weighted by Crippen LogP contribution is 2.16. The van der Waals surface area contributed by atoms with Gasteiger partial charge in [-0.15, -0.1) is 0 Å². The summed E-state index contributed by atoms with van der Waals surface area (Å²) in [5, 5.41) is 6.78. The molecule has 1 aromatic rings. The fourth-order valence-corrected chi connectivity index (χ4v) is 1.89. The summed E-state index contributed by atoms with van der Waals surface area (Å²) in [6.07, 6.45) is 2.44. The topological polar surface area (TPSA) is 24.1 Å². The van der Waals surface area contributed by atoms with E-state index in [1.807, 2.05) is 0 Å². The highest BCUT2D eigenvalue weighted by molar-refractivity contribution is 5.49. The van der Waals surface area contributed by atoms with Crippen LogP contribution in [0, 0.1) is 6.92 Å². The number of benzene rings is 1. The van der Waals surface area contributed by atoms with Crippen LogP contribution in [0.4, 0.5) is 5.69 Å². The molecule has 1 atom stereocenters. The lowest BCUT2D eigenvalue weighted by molar-refractivity contribution is 0.695. The summed E-state index contributed by atoms with van der Waals surface area (Å²) in [5.74, 6) is 0. The Labute approximate surface area is 91.4 Å². The van der Waals surface area contributed by atoms with Crippen LogP contribution < -0.4 is 10.6 Å². The smallest absolute Gasteiger partial charge is 0.0467 e. The van der Waals surface area contributed by atoms with Gasteiger partial charge < -0.3 is 10.6 Å². The first-order valence-corrected chi connectivity index (χ1v) is 5.51. The third-order valence-electron chi connectivity index (χ3n) is 2.84. The normalized spacial score (nSPS) is 20.2. The molecule has 0 spiro atoms. The molecule has 1 unspecified atom stereocenters. The van der Waals surface area contributed by atoms with Crippen molar-refractivity contribution in [2.24, 2.45) is 0 Å². The molecule has 15 heavy (non-hydrogen) atoms. The van der Waals surface area contributed by atoms with Crippen molar-refractivity contribution < 1.29 is 0 Å². The van der Waals surface area contributed by atoms with Crippen molar-refractivity contribution >= 4 is 5.69 Å². The summed E-state index contributed by atoms with van der Waals surface area (Å²) in [7, 11) is 0. The molecule has 2 heteroatoms. The molecule has 0 aromatic heterocycles. The van der Waals surface area contributed by atoms with Crippen LogP contribution in [0.3, 0.4) is 0 Å². The molecule has 1 heterocycles. The van der Waals surface area contributed by atoms with Crippen LogP contribution >= 0.6 is 0 Å². The van der Waals surface area contributed by atoms with Gasteiger partial charge in [-0.05, 0) is 38.4 Å². The summed E-state index contributed by atoms with van der Waals surface area (Å²) in [5.41, 5.74) is 3.49. The van der Waals surface area contributed by atoms with E-state index in [0.717, 1.165) is 17.9 Å². The predicted molar refractivity (Wildman–Crippen MR) is 65.0 cm³/mol. The zero-order chi connectivity index (χ0) is 10.7. The van der Waals surface area contributed by atoms with E-state index in [0.29, 0.717) is 6.04 Å². The molecular weight excluding hydrogens is 184 g/mol. The Kier molecular flexibility index (Phi) is 3.07. The lowest BCUT2D eigenvalue weighted by Crippen LogP contribution is -2.26. The molecule has 0 saturated carbocycles. The van der Waals surface area contributed by atoms with Crippen molar-refractivity contribution in [2.45, 2.75) is 25.8 Å². The van der Waals surface area contributed by atoms with Gasteiger partial charge in [0.15, 0.2) is 0 Å². The fraction of sp³-hybridized carbons (Fsp3) is 0.385. The van der Waals surface area contributed by atoms with E-state index in [1.165, 1.54) is 18.4 Å². The number of hydrogen-bond acceptors (Lipinski definition) is 2. The van der Waals surface area contributed by atoms with Gasteiger partial charge in [0.1, 0.15) is 0 Å². The molecule has 80 valence electrons.